The van der Waals surface area contributed by atoms with Crippen molar-refractivity contribution in [2.75, 3.05) is 6.61 Å². The lowest BCUT2D eigenvalue weighted by Crippen LogP contribution is -2.41. The first-order valence-electron chi connectivity index (χ1n) is 6.51. The molecule has 0 aromatic carbocycles. The molecule has 0 bridgehead atoms. The van der Waals surface area contributed by atoms with Gasteiger partial charge in [0.2, 0.25) is 0 Å². The van der Waals surface area contributed by atoms with Crippen molar-refractivity contribution < 1.29 is 14.6 Å². The summed E-state index contributed by atoms with van der Waals surface area (Å²) in [5, 5.41) is 12.0. The molecule has 0 aromatic heterocycles. The minimum atomic E-state index is -0.489. The molecule has 100 valence electrons. The van der Waals surface area contributed by atoms with E-state index in [4.69, 9.17) is 4.74 Å². The Kier molecular flexibility index (Phi) is 5.25. The minimum absolute atomic E-state index is 0.0181. The van der Waals surface area contributed by atoms with Gasteiger partial charge in [-0.05, 0) is 33.1 Å². The molecule has 0 radical (unpaired) electrons. The number of rotatable bonds is 4. The molecule has 0 saturated heterocycles. The number of hydrogen-bond acceptors (Lipinski definition) is 3. The summed E-state index contributed by atoms with van der Waals surface area (Å²) < 4.78 is 5.17. The van der Waals surface area contributed by atoms with E-state index in [9.17, 15) is 9.90 Å². The molecule has 0 spiro atoms. The maximum absolute atomic E-state index is 11.6. The molecule has 0 aromatic rings. The van der Waals surface area contributed by atoms with Gasteiger partial charge in [0, 0.05) is 0 Å². The molecule has 4 nitrogen and oxygen atoms in total. The van der Waals surface area contributed by atoms with Gasteiger partial charge in [-0.15, -0.1) is 0 Å². The highest BCUT2D eigenvalue weighted by molar-refractivity contribution is 5.68. The van der Waals surface area contributed by atoms with Gasteiger partial charge in [0.05, 0.1) is 12.6 Å². The summed E-state index contributed by atoms with van der Waals surface area (Å²) in [5.74, 6) is 0.641. The monoisotopic (exact) mass is 243 g/mol. The molecule has 2 N–H and O–H groups in total. The maximum Gasteiger partial charge on any atom is 0.407 e. The number of hydrogen-bond donors (Lipinski definition) is 2. The second kappa shape index (κ2) is 6.24. The number of ether oxygens (including phenoxy) is 1. The van der Waals surface area contributed by atoms with E-state index in [0.717, 1.165) is 6.42 Å². The smallest absolute Gasteiger partial charge is 0.407 e. The predicted octanol–water partition coefficient (Wildman–Crippen LogP) is 2.45. The molecular weight excluding hydrogens is 218 g/mol. The Morgan fingerprint density at radius 2 is 2.00 bits per heavy atom. The summed E-state index contributed by atoms with van der Waals surface area (Å²) in [6.45, 7) is 5.47. The first-order valence-corrected chi connectivity index (χ1v) is 6.51. The molecule has 1 rings (SSSR count). The molecule has 0 heterocycles. The molecule has 1 saturated carbocycles. The average molecular weight is 243 g/mol. The minimum Gasteiger partial charge on any atom is -0.444 e. The third-order valence-electron chi connectivity index (χ3n) is 3.03. The van der Waals surface area contributed by atoms with Crippen molar-refractivity contribution >= 4 is 6.09 Å². The highest BCUT2D eigenvalue weighted by Gasteiger charge is 2.23. The Labute approximate surface area is 104 Å². The lowest BCUT2D eigenvalue weighted by atomic mass is 9.99. The van der Waals surface area contributed by atoms with E-state index in [1.807, 2.05) is 20.8 Å². The molecule has 4 heteroatoms. The molecule has 17 heavy (non-hydrogen) atoms. The van der Waals surface area contributed by atoms with Crippen LogP contribution in [-0.4, -0.2) is 29.4 Å². The van der Waals surface area contributed by atoms with Gasteiger partial charge in [-0.3, -0.25) is 0 Å². The third-order valence-corrected chi connectivity index (χ3v) is 3.03. The number of nitrogens with one attached hydrogen (secondary N) is 1. The summed E-state index contributed by atoms with van der Waals surface area (Å²) in [7, 11) is 0. The molecule has 1 aliphatic carbocycles. The van der Waals surface area contributed by atoms with Crippen LogP contribution in [0.2, 0.25) is 0 Å². The molecule has 1 amide bonds. The molecule has 1 fully saturated rings. The van der Waals surface area contributed by atoms with E-state index >= 15 is 0 Å². The van der Waals surface area contributed by atoms with Crippen molar-refractivity contribution in [1.82, 2.24) is 5.32 Å². The van der Waals surface area contributed by atoms with Crippen LogP contribution in [0.15, 0.2) is 0 Å². The topological polar surface area (TPSA) is 58.6 Å². The Hall–Kier alpha value is -0.770. The van der Waals surface area contributed by atoms with E-state index in [2.05, 4.69) is 5.32 Å². The van der Waals surface area contributed by atoms with E-state index in [1.54, 1.807) is 0 Å². The summed E-state index contributed by atoms with van der Waals surface area (Å²) in [5.41, 5.74) is -0.489. The maximum atomic E-state index is 11.6. The van der Waals surface area contributed by atoms with Crippen LogP contribution in [0.5, 0.6) is 0 Å². The number of carbonyl (C=O) groups excluding carboxylic acids is 1. The van der Waals surface area contributed by atoms with Gasteiger partial charge >= 0.3 is 6.09 Å². The van der Waals surface area contributed by atoms with Crippen molar-refractivity contribution in [3.05, 3.63) is 0 Å². The zero-order valence-corrected chi connectivity index (χ0v) is 11.2. The van der Waals surface area contributed by atoms with E-state index in [1.165, 1.54) is 25.7 Å². The standard InChI is InChI=1S/C13H25NO3/c1-13(2,3)17-12(16)14-11(9-15)8-10-6-4-5-7-10/h10-11,15H,4-9H2,1-3H3,(H,14,16)/t11-/m1/s1. The highest BCUT2D eigenvalue weighted by atomic mass is 16.6. The third kappa shape index (κ3) is 5.91. The zero-order chi connectivity index (χ0) is 12.9. The average Bonchev–Trinajstić information content (AvgIpc) is 2.66. The Balaban J connectivity index is 2.32. The lowest BCUT2D eigenvalue weighted by molar-refractivity contribution is 0.0472. The van der Waals surface area contributed by atoms with Crippen LogP contribution in [0.1, 0.15) is 52.9 Å². The van der Waals surface area contributed by atoms with Crippen LogP contribution in [0.3, 0.4) is 0 Å². The van der Waals surface area contributed by atoms with E-state index < -0.39 is 11.7 Å². The fraction of sp³-hybridized carbons (Fsp3) is 0.923. The van der Waals surface area contributed by atoms with Gasteiger partial charge in [-0.2, -0.15) is 0 Å². The van der Waals surface area contributed by atoms with Crippen molar-refractivity contribution in [2.45, 2.75) is 64.5 Å². The fourth-order valence-electron chi connectivity index (χ4n) is 2.30. The van der Waals surface area contributed by atoms with Gasteiger partial charge in [-0.25, -0.2) is 4.79 Å². The summed E-state index contributed by atoms with van der Waals surface area (Å²) in [6, 6.07) is -0.173. The Bertz CT molecular complexity index is 242. The van der Waals surface area contributed by atoms with Crippen molar-refractivity contribution in [2.24, 2.45) is 5.92 Å². The Morgan fingerprint density at radius 1 is 1.41 bits per heavy atom. The first kappa shape index (κ1) is 14.3. The van der Waals surface area contributed by atoms with Crippen LogP contribution in [0.25, 0.3) is 0 Å². The fourth-order valence-corrected chi connectivity index (χ4v) is 2.30. The van der Waals surface area contributed by atoms with Crippen molar-refractivity contribution in [3.8, 4) is 0 Å². The van der Waals surface area contributed by atoms with Gasteiger partial charge in [0.25, 0.3) is 0 Å². The Morgan fingerprint density at radius 3 is 2.47 bits per heavy atom. The molecular formula is C13H25NO3. The van der Waals surface area contributed by atoms with E-state index in [0.29, 0.717) is 5.92 Å². The van der Waals surface area contributed by atoms with Gasteiger partial charge < -0.3 is 15.2 Å². The van der Waals surface area contributed by atoms with Crippen LogP contribution in [0.4, 0.5) is 4.79 Å². The molecule has 0 unspecified atom stereocenters. The zero-order valence-electron chi connectivity index (χ0n) is 11.2. The van der Waals surface area contributed by atoms with Crippen molar-refractivity contribution in [1.29, 1.82) is 0 Å². The van der Waals surface area contributed by atoms with Gasteiger partial charge in [0.15, 0.2) is 0 Å². The molecule has 1 aliphatic rings. The summed E-state index contributed by atoms with van der Waals surface area (Å²) >= 11 is 0. The molecule has 0 aliphatic heterocycles. The quantitative estimate of drug-likeness (QED) is 0.797. The normalized spacial score (nSPS) is 19.1. The molecule has 1 atom stereocenters. The lowest BCUT2D eigenvalue weighted by Gasteiger charge is -2.24. The van der Waals surface area contributed by atoms with Crippen molar-refractivity contribution in [3.63, 3.8) is 0 Å². The second-order valence-electron chi connectivity index (χ2n) is 5.91. The van der Waals surface area contributed by atoms with Crippen LogP contribution >= 0.6 is 0 Å². The number of alkyl carbamates (subject to hydrolysis) is 1. The van der Waals surface area contributed by atoms with Gasteiger partial charge in [0.1, 0.15) is 5.60 Å². The van der Waals surface area contributed by atoms with Crippen LogP contribution < -0.4 is 5.32 Å². The number of aliphatic hydroxyl groups excluding tert-OH is 1. The summed E-state index contributed by atoms with van der Waals surface area (Å²) in [4.78, 5) is 11.6. The highest BCUT2D eigenvalue weighted by Crippen LogP contribution is 2.28. The first-order chi connectivity index (χ1) is 7.90. The SMILES string of the molecule is CC(C)(C)OC(=O)N[C@@H](CO)CC1CCCC1. The van der Waals surface area contributed by atoms with Gasteiger partial charge in [-0.1, -0.05) is 25.7 Å². The van der Waals surface area contributed by atoms with Crippen LogP contribution in [0, 0.1) is 5.92 Å². The largest absolute Gasteiger partial charge is 0.444 e. The van der Waals surface area contributed by atoms with Crippen LogP contribution in [-0.2, 0) is 4.74 Å². The summed E-state index contributed by atoms with van der Waals surface area (Å²) in [6.07, 6.45) is 5.40. The van der Waals surface area contributed by atoms with E-state index in [-0.39, 0.29) is 12.6 Å². The predicted molar refractivity (Wildman–Crippen MR) is 66.8 cm³/mol. The number of amides is 1. The number of carbonyl (C=O) groups is 1. The second-order valence-corrected chi connectivity index (χ2v) is 5.91. The number of aliphatic hydroxyl groups is 1.